The number of rotatable bonds is 0. The molecule has 1 aromatic rings. The molecular formula is C8H12IN3. The minimum atomic E-state index is 0.130. The number of hydrogen-bond acceptors (Lipinski definition) is 1. The number of aliphatic imine (C=N–C) groups is 1. The number of hydrogen-bond donors (Lipinski definition) is 2. The Hall–Kier alpha value is -0.780. The highest BCUT2D eigenvalue weighted by Crippen LogP contribution is 1.99. The highest BCUT2D eigenvalue weighted by atomic mass is 127. The van der Waals surface area contributed by atoms with Gasteiger partial charge in [0.1, 0.15) is 0 Å². The Morgan fingerprint density at radius 3 is 1.83 bits per heavy atom. The molecule has 12 heavy (non-hydrogen) atoms. The summed E-state index contributed by atoms with van der Waals surface area (Å²) in [6, 6.07) is 10.2. The van der Waals surface area contributed by atoms with Crippen LogP contribution in [0.25, 0.3) is 0 Å². The molecule has 3 nitrogen and oxygen atoms in total. The first-order valence-corrected chi connectivity index (χ1v) is 4.43. The van der Waals surface area contributed by atoms with Crippen molar-refractivity contribution >= 4 is 28.6 Å². The number of halogens is 1. The zero-order valence-corrected chi connectivity index (χ0v) is 9.02. The van der Waals surface area contributed by atoms with Gasteiger partial charge in [-0.1, -0.05) is 18.2 Å². The second-order valence-corrected chi connectivity index (χ2v) is 3.19. The maximum atomic E-state index is 4.82. The molecule has 0 bridgehead atoms. The van der Waals surface area contributed by atoms with E-state index in [4.69, 9.17) is 11.5 Å². The minimum Gasteiger partial charge on any atom is -0.370 e. The van der Waals surface area contributed by atoms with Crippen molar-refractivity contribution in [3.8, 4) is 0 Å². The van der Waals surface area contributed by atoms with Gasteiger partial charge in [0, 0.05) is 10.6 Å². The summed E-state index contributed by atoms with van der Waals surface area (Å²) < 4.78 is 1.29. The molecule has 0 aliphatic carbocycles. The van der Waals surface area contributed by atoms with Crippen molar-refractivity contribution in [3.63, 3.8) is 0 Å². The summed E-state index contributed by atoms with van der Waals surface area (Å²) in [5, 5.41) is 0. The largest absolute Gasteiger partial charge is 0.370 e. The third kappa shape index (κ3) is 7.33. The average Bonchev–Trinajstić information content (AvgIpc) is 2.07. The van der Waals surface area contributed by atoms with E-state index >= 15 is 0 Å². The maximum absolute atomic E-state index is 4.82. The van der Waals surface area contributed by atoms with Gasteiger partial charge in [-0.2, -0.15) is 0 Å². The fourth-order valence-electron chi connectivity index (χ4n) is 0.415. The first-order chi connectivity index (χ1) is 5.66. The van der Waals surface area contributed by atoms with Crippen molar-refractivity contribution in [2.24, 2.45) is 16.5 Å². The first kappa shape index (κ1) is 11.2. The van der Waals surface area contributed by atoms with E-state index in [1.807, 2.05) is 18.2 Å². The summed E-state index contributed by atoms with van der Waals surface area (Å²) in [7, 11) is 1.54. The average molecular weight is 277 g/mol. The molecule has 0 radical (unpaired) electrons. The molecule has 0 saturated carbocycles. The lowest BCUT2D eigenvalue weighted by Gasteiger charge is -1.80. The van der Waals surface area contributed by atoms with E-state index in [0.29, 0.717) is 0 Å². The van der Waals surface area contributed by atoms with E-state index in [1.54, 1.807) is 0 Å². The first-order valence-electron chi connectivity index (χ1n) is 3.35. The maximum Gasteiger partial charge on any atom is 0.185 e. The van der Waals surface area contributed by atoms with Gasteiger partial charge in [-0.05, 0) is 34.7 Å². The number of benzene rings is 1. The predicted octanol–water partition coefficient (Wildman–Crippen LogP) is 1.18. The van der Waals surface area contributed by atoms with Crippen molar-refractivity contribution < 1.29 is 0 Å². The van der Waals surface area contributed by atoms with Gasteiger partial charge in [-0.15, -0.1) is 0 Å². The summed E-state index contributed by atoms with van der Waals surface area (Å²) in [6.07, 6.45) is 0. The SMILES string of the molecule is CN=C(N)N.Ic1ccccc1. The van der Waals surface area contributed by atoms with E-state index in [2.05, 4.69) is 39.7 Å². The van der Waals surface area contributed by atoms with Crippen molar-refractivity contribution in [2.45, 2.75) is 0 Å². The Bertz CT molecular complexity index is 229. The lowest BCUT2D eigenvalue weighted by atomic mass is 10.4. The molecule has 0 aliphatic rings. The van der Waals surface area contributed by atoms with E-state index in [9.17, 15) is 0 Å². The fourth-order valence-corrected chi connectivity index (χ4v) is 0.830. The highest BCUT2D eigenvalue weighted by molar-refractivity contribution is 14.1. The normalized spacial score (nSPS) is 7.83. The van der Waals surface area contributed by atoms with Crippen LogP contribution in [-0.4, -0.2) is 13.0 Å². The molecule has 0 spiro atoms. The Kier molecular flexibility index (Phi) is 6.45. The van der Waals surface area contributed by atoms with Crippen LogP contribution in [0.3, 0.4) is 0 Å². The molecule has 0 aliphatic heterocycles. The number of nitrogens with two attached hydrogens (primary N) is 2. The van der Waals surface area contributed by atoms with Gasteiger partial charge < -0.3 is 11.5 Å². The van der Waals surface area contributed by atoms with Crippen LogP contribution in [0.2, 0.25) is 0 Å². The quantitative estimate of drug-likeness (QED) is 0.425. The molecular weight excluding hydrogens is 265 g/mol. The van der Waals surface area contributed by atoms with Gasteiger partial charge in [-0.3, -0.25) is 4.99 Å². The van der Waals surface area contributed by atoms with Crippen LogP contribution in [0.15, 0.2) is 35.3 Å². The molecule has 0 saturated heterocycles. The van der Waals surface area contributed by atoms with Crippen molar-refractivity contribution in [1.82, 2.24) is 0 Å². The van der Waals surface area contributed by atoms with Gasteiger partial charge >= 0.3 is 0 Å². The van der Waals surface area contributed by atoms with Gasteiger partial charge in [0.15, 0.2) is 5.96 Å². The molecule has 66 valence electrons. The lowest BCUT2D eigenvalue weighted by molar-refractivity contribution is 1.36. The number of guanidine groups is 1. The second kappa shape index (κ2) is 6.90. The highest BCUT2D eigenvalue weighted by Gasteiger charge is 1.74. The molecule has 4 heteroatoms. The smallest absolute Gasteiger partial charge is 0.185 e. The monoisotopic (exact) mass is 277 g/mol. The van der Waals surface area contributed by atoms with Crippen molar-refractivity contribution in [3.05, 3.63) is 33.9 Å². The fraction of sp³-hybridized carbons (Fsp3) is 0.125. The van der Waals surface area contributed by atoms with Gasteiger partial charge in [0.25, 0.3) is 0 Å². The number of nitrogens with zero attached hydrogens (tertiary/aromatic N) is 1. The Morgan fingerprint density at radius 1 is 1.25 bits per heavy atom. The minimum absolute atomic E-state index is 0.130. The van der Waals surface area contributed by atoms with Crippen molar-refractivity contribution in [2.75, 3.05) is 7.05 Å². The van der Waals surface area contributed by atoms with E-state index in [0.717, 1.165) is 0 Å². The van der Waals surface area contributed by atoms with Crippen LogP contribution >= 0.6 is 22.6 Å². The van der Waals surface area contributed by atoms with Crippen LogP contribution in [-0.2, 0) is 0 Å². The van der Waals surface area contributed by atoms with E-state index in [-0.39, 0.29) is 5.96 Å². The van der Waals surface area contributed by atoms with E-state index < -0.39 is 0 Å². The molecule has 0 heterocycles. The zero-order chi connectivity index (χ0) is 9.40. The van der Waals surface area contributed by atoms with Crippen LogP contribution in [0.1, 0.15) is 0 Å². The second-order valence-electron chi connectivity index (χ2n) is 1.94. The van der Waals surface area contributed by atoms with Crippen LogP contribution in [0, 0.1) is 3.57 Å². The summed E-state index contributed by atoms with van der Waals surface area (Å²) in [6.45, 7) is 0. The van der Waals surface area contributed by atoms with Gasteiger partial charge in [0.05, 0.1) is 0 Å². The lowest BCUT2D eigenvalue weighted by Crippen LogP contribution is -2.21. The summed E-state index contributed by atoms with van der Waals surface area (Å²) >= 11 is 2.28. The zero-order valence-electron chi connectivity index (χ0n) is 6.87. The third-order valence-corrected chi connectivity index (χ3v) is 1.71. The molecule has 4 N–H and O–H groups in total. The van der Waals surface area contributed by atoms with Crippen LogP contribution in [0.4, 0.5) is 0 Å². The Morgan fingerprint density at radius 2 is 1.67 bits per heavy atom. The molecule has 0 fully saturated rings. The Balaban J connectivity index is 0.000000217. The summed E-state index contributed by atoms with van der Waals surface area (Å²) in [5.41, 5.74) is 9.64. The topological polar surface area (TPSA) is 64.4 Å². The standard InChI is InChI=1S/C6H5I.C2H7N3/c7-6-4-2-1-3-5-6;1-5-2(3)4/h1-5H;1H3,(H4,3,4,5). The predicted molar refractivity (Wildman–Crippen MR) is 60.9 cm³/mol. The molecule has 1 aromatic carbocycles. The Labute approximate surface area is 86.0 Å². The molecule has 0 unspecified atom stereocenters. The van der Waals surface area contributed by atoms with Crippen molar-refractivity contribution in [1.29, 1.82) is 0 Å². The summed E-state index contributed by atoms with van der Waals surface area (Å²) in [5.74, 6) is 0.130. The van der Waals surface area contributed by atoms with Crippen LogP contribution < -0.4 is 11.5 Å². The van der Waals surface area contributed by atoms with Gasteiger partial charge in [0.2, 0.25) is 0 Å². The molecule has 0 aromatic heterocycles. The third-order valence-electron chi connectivity index (χ3n) is 0.991. The molecule has 0 amide bonds. The molecule has 0 atom stereocenters. The van der Waals surface area contributed by atoms with Crippen LogP contribution in [0.5, 0.6) is 0 Å². The van der Waals surface area contributed by atoms with Gasteiger partial charge in [-0.25, -0.2) is 0 Å². The van der Waals surface area contributed by atoms with E-state index in [1.165, 1.54) is 10.6 Å². The molecule has 1 rings (SSSR count). The summed E-state index contributed by atoms with van der Waals surface area (Å²) in [4.78, 5) is 3.36.